The number of cyclic esters (lactones) is 1. The van der Waals surface area contributed by atoms with Crippen molar-refractivity contribution >= 4 is 49.1 Å². The predicted octanol–water partition coefficient (Wildman–Crippen LogP) is 5.89. The summed E-state index contributed by atoms with van der Waals surface area (Å²) in [6.07, 6.45) is 2.41. The number of aromatic nitrogens is 4. The number of carbonyl (C=O) groups is 2. The van der Waals surface area contributed by atoms with E-state index in [0.717, 1.165) is 32.6 Å². The summed E-state index contributed by atoms with van der Waals surface area (Å²) in [6, 6.07) is 7.58. The van der Waals surface area contributed by atoms with E-state index in [1.165, 1.54) is 24.5 Å². The number of rotatable bonds is 12. The van der Waals surface area contributed by atoms with E-state index >= 15 is 0 Å². The van der Waals surface area contributed by atoms with Crippen molar-refractivity contribution in [1.29, 1.82) is 0 Å². The van der Waals surface area contributed by atoms with Gasteiger partial charge in [0.15, 0.2) is 8.32 Å². The highest BCUT2D eigenvalue weighted by Crippen LogP contribution is 2.38. The second-order valence-electron chi connectivity index (χ2n) is 14.5. The van der Waals surface area contributed by atoms with Gasteiger partial charge in [-0.05, 0) is 55.7 Å². The second-order valence-corrected chi connectivity index (χ2v) is 19.8. The minimum Gasteiger partial charge on any atom is -0.465 e. The van der Waals surface area contributed by atoms with Gasteiger partial charge in [-0.1, -0.05) is 32.4 Å². The predicted molar refractivity (Wildman–Crippen MR) is 190 cm³/mol. The number of halogens is 2. The largest absolute Gasteiger partial charge is 0.465 e. The van der Waals surface area contributed by atoms with Gasteiger partial charge in [-0.2, -0.15) is 5.10 Å². The molecule has 2 aliphatic rings. The molecule has 2 aliphatic heterocycles. The van der Waals surface area contributed by atoms with Crippen LogP contribution >= 0.6 is 11.6 Å². The van der Waals surface area contributed by atoms with Crippen LogP contribution in [-0.4, -0.2) is 96.0 Å². The van der Waals surface area contributed by atoms with E-state index in [4.69, 9.17) is 20.8 Å². The van der Waals surface area contributed by atoms with Gasteiger partial charge in [0.1, 0.15) is 29.5 Å². The van der Waals surface area contributed by atoms with Crippen molar-refractivity contribution in [1.82, 2.24) is 30.0 Å². The monoisotopic (exact) mass is 712 g/mol. The SMILES string of the molecule is CC1(CN2CCN(CCC(=O)Nc3cc(Nc4cc(-c5cc(Cl)ccc5F)nnc4CO[Si](C)(C)C(C)(C)C)ncn3)CC2)CCOC1=O. The van der Waals surface area contributed by atoms with Crippen LogP contribution in [0.2, 0.25) is 23.2 Å². The average molecular weight is 713 g/mol. The second kappa shape index (κ2) is 15.1. The number of benzene rings is 1. The highest BCUT2D eigenvalue weighted by molar-refractivity contribution is 6.74. The Morgan fingerprint density at radius 3 is 2.49 bits per heavy atom. The number of anilines is 3. The van der Waals surface area contributed by atoms with Gasteiger partial charge in [0.2, 0.25) is 5.91 Å². The number of esters is 1. The van der Waals surface area contributed by atoms with E-state index in [-0.39, 0.29) is 34.8 Å². The van der Waals surface area contributed by atoms with Crippen LogP contribution in [0.25, 0.3) is 11.3 Å². The lowest BCUT2D eigenvalue weighted by Gasteiger charge is -2.37. The Kier molecular flexibility index (Phi) is 11.3. The fourth-order valence-electron chi connectivity index (χ4n) is 5.47. The first-order chi connectivity index (χ1) is 23.1. The molecule has 0 bridgehead atoms. The van der Waals surface area contributed by atoms with Gasteiger partial charge < -0.3 is 24.7 Å². The molecule has 0 radical (unpaired) electrons. The van der Waals surface area contributed by atoms with Crippen LogP contribution in [0.4, 0.5) is 21.7 Å². The summed E-state index contributed by atoms with van der Waals surface area (Å²) in [5, 5.41) is 15.2. The lowest BCUT2D eigenvalue weighted by atomic mass is 9.88. The van der Waals surface area contributed by atoms with Crippen molar-refractivity contribution in [2.75, 3.05) is 56.5 Å². The smallest absolute Gasteiger partial charge is 0.313 e. The average Bonchev–Trinajstić information content (AvgIpc) is 3.37. The number of piperazine rings is 1. The molecule has 2 aromatic heterocycles. The lowest BCUT2D eigenvalue weighted by Crippen LogP contribution is -2.50. The molecular formula is C34H46ClFN8O4Si. The lowest BCUT2D eigenvalue weighted by molar-refractivity contribution is -0.146. The Morgan fingerprint density at radius 1 is 1.08 bits per heavy atom. The van der Waals surface area contributed by atoms with Gasteiger partial charge in [-0.25, -0.2) is 14.4 Å². The molecule has 0 spiro atoms. The molecule has 0 aliphatic carbocycles. The van der Waals surface area contributed by atoms with Crippen LogP contribution < -0.4 is 10.6 Å². The van der Waals surface area contributed by atoms with E-state index < -0.39 is 19.5 Å². The zero-order chi connectivity index (χ0) is 35.4. The van der Waals surface area contributed by atoms with Crippen molar-refractivity contribution < 1.29 is 23.1 Å². The first-order valence-corrected chi connectivity index (χ1v) is 19.9. The van der Waals surface area contributed by atoms with Crippen LogP contribution in [-0.2, 0) is 25.4 Å². The minimum absolute atomic E-state index is 0.0169. The molecule has 2 saturated heterocycles. The fraction of sp³-hybridized carbons (Fsp3) is 0.529. The Bertz CT molecular complexity index is 1670. The molecular weight excluding hydrogens is 667 g/mol. The summed E-state index contributed by atoms with van der Waals surface area (Å²) in [4.78, 5) is 38.2. The molecule has 264 valence electrons. The standard InChI is InChI=1S/C34H46ClFN8O4Si/c1-33(2,3)49(5,6)48-20-28-27(18-26(41-42-28)24-17-23(35)7-8-25(24)36)39-29-19-30(38-22-37-29)40-31(45)9-11-43-12-14-44(15-13-43)21-34(4)10-16-47-32(34)46/h7-8,17-19,22H,9-16,20-21H2,1-6H3,(H2,37,38,39,40,41,45). The van der Waals surface area contributed by atoms with Gasteiger partial charge in [0.25, 0.3) is 0 Å². The van der Waals surface area contributed by atoms with E-state index in [1.54, 1.807) is 12.1 Å². The molecule has 5 rings (SSSR count). The zero-order valence-corrected chi connectivity index (χ0v) is 30.9. The summed E-state index contributed by atoms with van der Waals surface area (Å²) in [5.41, 5.74) is 1.12. The molecule has 4 heterocycles. The normalized spacial score (nSPS) is 19.1. The number of hydrogen-bond donors (Lipinski definition) is 2. The Morgan fingerprint density at radius 2 is 1.80 bits per heavy atom. The van der Waals surface area contributed by atoms with Crippen LogP contribution in [0, 0.1) is 11.2 Å². The molecule has 0 saturated carbocycles. The molecule has 15 heteroatoms. The highest BCUT2D eigenvalue weighted by Gasteiger charge is 2.41. The van der Waals surface area contributed by atoms with Gasteiger partial charge in [-0.15, -0.1) is 5.10 Å². The Balaban J connectivity index is 1.22. The first kappa shape index (κ1) is 36.7. The Labute approximate surface area is 293 Å². The Hall–Kier alpha value is -3.56. The topological polar surface area (TPSA) is 135 Å². The number of carbonyl (C=O) groups excluding carboxylic acids is 2. The van der Waals surface area contributed by atoms with E-state index in [2.05, 4.69) is 74.5 Å². The van der Waals surface area contributed by atoms with Crippen LogP contribution in [0.3, 0.4) is 0 Å². The van der Waals surface area contributed by atoms with E-state index in [1.807, 2.05) is 6.92 Å². The molecule has 1 unspecified atom stereocenters. The number of hydrogen-bond acceptors (Lipinski definition) is 11. The molecule has 3 aromatic rings. The minimum atomic E-state index is -2.13. The number of nitrogens with zero attached hydrogens (tertiary/aromatic N) is 6. The molecule has 2 N–H and O–H groups in total. The number of ether oxygens (including phenoxy) is 1. The van der Waals surface area contributed by atoms with Gasteiger partial charge in [0.05, 0.1) is 30.0 Å². The summed E-state index contributed by atoms with van der Waals surface area (Å²) in [7, 11) is -2.13. The first-order valence-electron chi connectivity index (χ1n) is 16.6. The van der Waals surface area contributed by atoms with Crippen molar-refractivity contribution in [2.45, 2.75) is 65.3 Å². The number of amides is 1. The molecule has 2 fully saturated rings. The summed E-state index contributed by atoms with van der Waals surface area (Å²) in [6.45, 7) is 18.1. The van der Waals surface area contributed by atoms with E-state index in [0.29, 0.717) is 54.2 Å². The van der Waals surface area contributed by atoms with Crippen molar-refractivity contribution in [2.24, 2.45) is 5.41 Å². The molecule has 1 amide bonds. The maximum Gasteiger partial charge on any atom is 0.313 e. The van der Waals surface area contributed by atoms with Crippen LogP contribution in [0.5, 0.6) is 0 Å². The van der Waals surface area contributed by atoms with Gasteiger partial charge >= 0.3 is 5.97 Å². The van der Waals surface area contributed by atoms with E-state index in [9.17, 15) is 14.0 Å². The van der Waals surface area contributed by atoms with Crippen LogP contribution in [0.15, 0.2) is 36.7 Å². The quantitative estimate of drug-likeness (QED) is 0.172. The van der Waals surface area contributed by atoms with Crippen molar-refractivity contribution in [3.8, 4) is 11.3 Å². The van der Waals surface area contributed by atoms with Crippen molar-refractivity contribution in [3.63, 3.8) is 0 Å². The summed E-state index contributed by atoms with van der Waals surface area (Å²) >= 11 is 6.16. The summed E-state index contributed by atoms with van der Waals surface area (Å²) < 4.78 is 26.4. The third-order valence-electron chi connectivity index (χ3n) is 9.72. The maximum atomic E-state index is 14.8. The fourth-order valence-corrected chi connectivity index (χ4v) is 6.58. The third-order valence-corrected chi connectivity index (χ3v) is 14.4. The third kappa shape index (κ3) is 9.37. The molecule has 1 atom stereocenters. The maximum absolute atomic E-state index is 14.8. The molecule has 49 heavy (non-hydrogen) atoms. The van der Waals surface area contributed by atoms with Crippen LogP contribution in [0.1, 0.15) is 46.2 Å². The zero-order valence-electron chi connectivity index (χ0n) is 29.1. The highest BCUT2D eigenvalue weighted by atomic mass is 35.5. The number of nitrogens with one attached hydrogen (secondary N) is 2. The van der Waals surface area contributed by atoms with Crippen molar-refractivity contribution in [3.05, 3.63) is 53.2 Å². The molecule has 12 nitrogen and oxygen atoms in total. The van der Waals surface area contributed by atoms with Gasteiger partial charge in [0, 0.05) is 62.3 Å². The molecule has 1 aromatic carbocycles. The summed E-state index contributed by atoms with van der Waals surface area (Å²) in [5.74, 6) is -0.0117. The van der Waals surface area contributed by atoms with Gasteiger partial charge in [-0.3, -0.25) is 14.5 Å².